The predicted molar refractivity (Wildman–Crippen MR) is 101 cm³/mol. The summed E-state index contributed by atoms with van der Waals surface area (Å²) in [6.07, 6.45) is 1.43. The first-order valence-electron chi connectivity index (χ1n) is 8.85. The summed E-state index contributed by atoms with van der Waals surface area (Å²) in [6.45, 7) is 4.88. The number of rotatable bonds is 8. The summed E-state index contributed by atoms with van der Waals surface area (Å²) in [7, 11) is 0. The number of amides is 1. The molecular formula is C20H23NO4S. The van der Waals surface area contributed by atoms with E-state index in [1.54, 1.807) is 6.07 Å². The van der Waals surface area contributed by atoms with Gasteiger partial charge in [0, 0.05) is 36.9 Å². The molecule has 0 saturated heterocycles. The molecule has 1 amide bonds. The van der Waals surface area contributed by atoms with Crippen molar-refractivity contribution < 1.29 is 19.1 Å². The van der Waals surface area contributed by atoms with Gasteiger partial charge in [-0.1, -0.05) is 6.07 Å². The zero-order valence-electron chi connectivity index (χ0n) is 15.0. The van der Waals surface area contributed by atoms with Crippen LogP contribution in [0.5, 0.6) is 11.5 Å². The van der Waals surface area contributed by atoms with Crippen LogP contribution in [0.2, 0.25) is 0 Å². The number of thiophene rings is 1. The van der Waals surface area contributed by atoms with Gasteiger partial charge in [0.1, 0.15) is 17.6 Å². The second kappa shape index (κ2) is 8.36. The number of hydrogen-bond donors (Lipinski definition) is 1. The van der Waals surface area contributed by atoms with Gasteiger partial charge in [0.05, 0.1) is 11.5 Å². The SMILES string of the molecule is CCOc1cc2c(cc1CNC(=O)CCC(=O)c1cccs1)O[C@H](C)C2. The molecule has 0 fully saturated rings. The topological polar surface area (TPSA) is 64.6 Å². The van der Waals surface area contributed by atoms with Crippen molar-refractivity contribution in [1.82, 2.24) is 5.32 Å². The smallest absolute Gasteiger partial charge is 0.220 e. The van der Waals surface area contributed by atoms with Gasteiger partial charge in [-0.05, 0) is 37.4 Å². The maximum absolute atomic E-state index is 12.1. The van der Waals surface area contributed by atoms with E-state index in [4.69, 9.17) is 9.47 Å². The van der Waals surface area contributed by atoms with Crippen LogP contribution in [0.3, 0.4) is 0 Å². The van der Waals surface area contributed by atoms with Crippen LogP contribution in [0.25, 0.3) is 0 Å². The van der Waals surface area contributed by atoms with Crippen LogP contribution >= 0.6 is 11.3 Å². The minimum atomic E-state index is -0.146. The molecule has 2 aromatic rings. The zero-order valence-corrected chi connectivity index (χ0v) is 15.9. The number of benzene rings is 1. The van der Waals surface area contributed by atoms with Gasteiger partial charge in [0.25, 0.3) is 0 Å². The minimum Gasteiger partial charge on any atom is -0.494 e. The number of fused-ring (bicyclic) bond motifs is 1. The highest BCUT2D eigenvalue weighted by Crippen LogP contribution is 2.35. The Morgan fingerprint density at radius 2 is 2.19 bits per heavy atom. The lowest BCUT2D eigenvalue weighted by Crippen LogP contribution is -2.23. The molecule has 1 aromatic carbocycles. The molecular weight excluding hydrogens is 350 g/mol. The van der Waals surface area contributed by atoms with Crippen LogP contribution in [0.1, 0.15) is 47.5 Å². The molecule has 0 unspecified atom stereocenters. The summed E-state index contributed by atoms with van der Waals surface area (Å²) in [6, 6.07) is 7.57. The zero-order chi connectivity index (χ0) is 18.5. The highest BCUT2D eigenvalue weighted by molar-refractivity contribution is 7.12. The summed E-state index contributed by atoms with van der Waals surface area (Å²) in [5.41, 5.74) is 2.02. The quantitative estimate of drug-likeness (QED) is 0.716. The van der Waals surface area contributed by atoms with Gasteiger partial charge in [-0.15, -0.1) is 11.3 Å². The van der Waals surface area contributed by atoms with E-state index in [1.807, 2.05) is 37.4 Å². The van der Waals surface area contributed by atoms with Crippen molar-refractivity contribution in [2.45, 2.75) is 45.8 Å². The third kappa shape index (κ3) is 4.43. The summed E-state index contributed by atoms with van der Waals surface area (Å²) in [4.78, 5) is 24.8. The highest BCUT2D eigenvalue weighted by Gasteiger charge is 2.22. The maximum atomic E-state index is 12.1. The van der Waals surface area contributed by atoms with E-state index in [9.17, 15) is 9.59 Å². The molecule has 3 rings (SSSR count). The van der Waals surface area contributed by atoms with Crippen molar-refractivity contribution >= 4 is 23.0 Å². The molecule has 0 bridgehead atoms. The van der Waals surface area contributed by atoms with E-state index >= 15 is 0 Å². The number of nitrogens with one attached hydrogen (secondary N) is 1. The van der Waals surface area contributed by atoms with E-state index in [2.05, 4.69) is 5.32 Å². The first kappa shape index (κ1) is 18.5. The van der Waals surface area contributed by atoms with Crippen molar-refractivity contribution in [1.29, 1.82) is 0 Å². The molecule has 1 atom stereocenters. The molecule has 6 heteroatoms. The van der Waals surface area contributed by atoms with Crippen molar-refractivity contribution in [3.63, 3.8) is 0 Å². The van der Waals surface area contributed by atoms with Crippen molar-refractivity contribution in [2.75, 3.05) is 6.61 Å². The second-order valence-electron chi connectivity index (χ2n) is 6.31. The van der Waals surface area contributed by atoms with Gasteiger partial charge in [-0.3, -0.25) is 9.59 Å². The van der Waals surface area contributed by atoms with Gasteiger partial charge in [0.15, 0.2) is 5.78 Å². The molecule has 0 radical (unpaired) electrons. The average molecular weight is 373 g/mol. The molecule has 1 aromatic heterocycles. The van der Waals surface area contributed by atoms with Crippen LogP contribution < -0.4 is 14.8 Å². The molecule has 0 saturated carbocycles. The largest absolute Gasteiger partial charge is 0.494 e. The fourth-order valence-electron chi connectivity index (χ4n) is 2.98. The third-order valence-corrected chi connectivity index (χ3v) is 5.14. The van der Waals surface area contributed by atoms with Gasteiger partial charge in [-0.25, -0.2) is 0 Å². The van der Waals surface area contributed by atoms with E-state index in [1.165, 1.54) is 11.3 Å². The Bertz CT molecular complexity index is 785. The first-order chi connectivity index (χ1) is 12.6. The lowest BCUT2D eigenvalue weighted by atomic mass is 10.1. The minimum absolute atomic E-state index is 0.00470. The lowest BCUT2D eigenvalue weighted by Gasteiger charge is -2.13. The van der Waals surface area contributed by atoms with E-state index in [-0.39, 0.29) is 30.6 Å². The van der Waals surface area contributed by atoms with Crippen molar-refractivity contribution in [2.24, 2.45) is 0 Å². The van der Waals surface area contributed by atoms with E-state index in [0.717, 1.165) is 29.0 Å². The van der Waals surface area contributed by atoms with Crippen molar-refractivity contribution in [3.05, 3.63) is 45.6 Å². The number of carbonyl (C=O) groups excluding carboxylic acids is 2. The molecule has 26 heavy (non-hydrogen) atoms. The Morgan fingerprint density at radius 3 is 2.92 bits per heavy atom. The molecule has 1 aliphatic rings. The fraction of sp³-hybridized carbons (Fsp3) is 0.400. The summed E-state index contributed by atoms with van der Waals surface area (Å²) in [5.74, 6) is 1.49. The van der Waals surface area contributed by atoms with E-state index in [0.29, 0.717) is 18.0 Å². The predicted octanol–water partition coefficient (Wildman–Crippen LogP) is 3.75. The Kier molecular flexibility index (Phi) is 5.93. The number of ether oxygens (including phenoxy) is 2. The molecule has 1 aliphatic heterocycles. The molecule has 0 aliphatic carbocycles. The van der Waals surface area contributed by atoms with Gasteiger partial charge in [0.2, 0.25) is 5.91 Å². The normalized spacial score (nSPS) is 15.2. The standard InChI is InChI=1S/C20H23NO4S/c1-3-24-17-10-14-9-13(2)25-18(14)11-15(17)12-21-20(23)7-6-16(22)19-5-4-8-26-19/h4-5,8,10-11,13H,3,6-7,9,12H2,1-2H3,(H,21,23)/t13-/m1/s1. The Hall–Kier alpha value is -2.34. The third-order valence-electron chi connectivity index (χ3n) is 4.23. The highest BCUT2D eigenvalue weighted by atomic mass is 32.1. The molecule has 5 nitrogen and oxygen atoms in total. The van der Waals surface area contributed by atoms with Gasteiger partial charge >= 0.3 is 0 Å². The second-order valence-corrected chi connectivity index (χ2v) is 7.26. The van der Waals surface area contributed by atoms with Crippen LogP contribution in [0, 0.1) is 0 Å². The lowest BCUT2D eigenvalue weighted by molar-refractivity contribution is -0.121. The summed E-state index contributed by atoms with van der Waals surface area (Å²) in [5, 5.41) is 4.74. The molecule has 138 valence electrons. The summed E-state index contributed by atoms with van der Waals surface area (Å²) < 4.78 is 11.5. The van der Waals surface area contributed by atoms with Crippen molar-refractivity contribution in [3.8, 4) is 11.5 Å². The van der Waals surface area contributed by atoms with Gasteiger partial charge < -0.3 is 14.8 Å². The average Bonchev–Trinajstić information content (AvgIpc) is 3.26. The number of carbonyl (C=O) groups is 2. The Balaban J connectivity index is 1.57. The maximum Gasteiger partial charge on any atom is 0.220 e. The molecule has 0 spiro atoms. The number of Topliss-reactive ketones (excluding diaryl/α,β-unsaturated/α-hetero) is 1. The first-order valence-corrected chi connectivity index (χ1v) is 9.73. The van der Waals surface area contributed by atoms with Crippen LogP contribution in [-0.2, 0) is 17.8 Å². The van der Waals surface area contributed by atoms with Gasteiger partial charge in [-0.2, -0.15) is 0 Å². The van der Waals surface area contributed by atoms with E-state index < -0.39 is 0 Å². The monoisotopic (exact) mass is 373 g/mol. The Labute approximate surface area is 157 Å². The van der Waals surface area contributed by atoms with Crippen LogP contribution in [0.15, 0.2) is 29.6 Å². The number of ketones is 1. The number of hydrogen-bond acceptors (Lipinski definition) is 5. The molecule has 1 N–H and O–H groups in total. The van der Waals surface area contributed by atoms with Crippen LogP contribution in [-0.4, -0.2) is 24.4 Å². The molecule has 2 heterocycles. The fourth-order valence-corrected chi connectivity index (χ4v) is 3.67. The summed E-state index contributed by atoms with van der Waals surface area (Å²) >= 11 is 1.40. The van der Waals surface area contributed by atoms with Crippen LogP contribution in [0.4, 0.5) is 0 Å². The Morgan fingerprint density at radius 1 is 1.35 bits per heavy atom.